The van der Waals surface area contributed by atoms with Crippen molar-refractivity contribution in [3.05, 3.63) is 58.5 Å². The molecule has 2 heterocycles. The molecule has 0 fully saturated rings. The van der Waals surface area contributed by atoms with Crippen LogP contribution in [0.15, 0.2) is 36.7 Å². The molecule has 31 heavy (non-hydrogen) atoms. The zero-order valence-electron chi connectivity index (χ0n) is 17.2. The normalized spacial score (nSPS) is 11.9. The Morgan fingerprint density at radius 1 is 1.39 bits per heavy atom. The first-order chi connectivity index (χ1) is 14.8. The third-order valence-corrected chi connectivity index (χ3v) is 5.85. The van der Waals surface area contributed by atoms with Gasteiger partial charge in [0.15, 0.2) is 5.06 Å². The third kappa shape index (κ3) is 5.79. The second kappa shape index (κ2) is 9.87. The molecule has 0 radical (unpaired) electrons. The summed E-state index contributed by atoms with van der Waals surface area (Å²) in [7, 11) is 0. The van der Waals surface area contributed by atoms with Crippen molar-refractivity contribution in [2.75, 3.05) is 0 Å². The lowest BCUT2D eigenvalue weighted by molar-refractivity contribution is 0.208. The molecule has 0 saturated heterocycles. The van der Waals surface area contributed by atoms with Crippen molar-refractivity contribution in [1.82, 2.24) is 14.3 Å². The number of benzene rings is 1. The SMILES string of the molecule is Cc1nccn1Cc1ccc(-c2cc(CC(C)C)sc2OC(=O)NS(=O)[O-])c(C#N)c1. The fourth-order valence-corrected chi connectivity index (χ4v) is 4.55. The molecular formula is C21H21N4O4S2-. The van der Waals surface area contributed by atoms with E-state index in [0.717, 1.165) is 22.7 Å². The Morgan fingerprint density at radius 3 is 2.77 bits per heavy atom. The lowest BCUT2D eigenvalue weighted by atomic mass is 9.99. The van der Waals surface area contributed by atoms with Gasteiger partial charge in [-0.25, -0.2) is 9.78 Å². The summed E-state index contributed by atoms with van der Waals surface area (Å²) in [6, 6.07) is 9.63. The van der Waals surface area contributed by atoms with Gasteiger partial charge in [-0.3, -0.25) is 8.93 Å². The number of carbonyl (C=O) groups excluding carboxylic acids is 1. The number of amides is 1. The Kier molecular flexibility index (Phi) is 7.22. The highest BCUT2D eigenvalue weighted by Gasteiger charge is 2.19. The number of carbonyl (C=O) groups is 1. The number of nitriles is 1. The standard InChI is InChI=1S/C21H22N4O4S2/c1-13(2)8-17-10-19(20(30-17)29-21(26)24-31(27)28)18-5-4-15(9-16(18)11-22)12-25-7-6-23-14(25)3/h4-7,9-10,13H,8,12H2,1-3H3,(H,24,26)(H,27,28)/p-1. The predicted molar refractivity (Wildman–Crippen MR) is 117 cm³/mol. The Morgan fingerprint density at radius 2 is 2.16 bits per heavy atom. The van der Waals surface area contributed by atoms with Crippen LogP contribution >= 0.6 is 11.3 Å². The smallest absolute Gasteiger partial charge is 0.424 e. The highest BCUT2D eigenvalue weighted by molar-refractivity contribution is 7.77. The minimum absolute atomic E-state index is 0.244. The molecule has 1 N–H and O–H groups in total. The first kappa shape index (κ1) is 22.7. The zero-order valence-corrected chi connectivity index (χ0v) is 18.9. The summed E-state index contributed by atoms with van der Waals surface area (Å²) in [5, 5.41) is 10.0. The van der Waals surface area contributed by atoms with Crippen molar-refractivity contribution in [3.8, 4) is 22.3 Å². The maximum Gasteiger partial charge on any atom is 0.424 e. The van der Waals surface area contributed by atoms with E-state index in [4.69, 9.17) is 4.74 Å². The fraction of sp³-hybridized carbons (Fsp3) is 0.286. The molecule has 0 spiro atoms. The molecule has 1 atom stereocenters. The van der Waals surface area contributed by atoms with Crippen LogP contribution in [0, 0.1) is 24.2 Å². The Labute approximate surface area is 186 Å². The van der Waals surface area contributed by atoms with Gasteiger partial charge in [0, 0.05) is 46.2 Å². The number of nitrogens with zero attached hydrogens (tertiary/aromatic N) is 3. The van der Waals surface area contributed by atoms with Crippen LogP contribution in [0.1, 0.15) is 35.7 Å². The monoisotopic (exact) mass is 457 g/mol. The number of hydrogen-bond donors (Lipinski definition) is 1. The van der Waals surface area contributed by atoms with Gasteiger partial charge in [0.05, 0.1) is 11.6 Å². The van der Waals surface area contributed by atoms with E-state index < -0.39 is 17.4 Å². The zero-order chi connectivity index (χ0) is 22.5. The van der Waals surface area contributed by atoms with Gasteiger partial charge < -0.3 is 13.9 Å². The van der Waals surface area contributed by atoms with Crippen molar-refractivity contribution in [1.29, 1.82) is 5.26 Å². The molecule has 0 bridgehead atoms. The number of nitrogens with one attached hydrogen (secondary N) is 1. The molecule has 3 aromatic rings. The van der Waals surface area contributed by atoms with Crippen molar-refractivity contribution in [3.63, 3.8) is 0 Å². The summed E-state index contributed by atoms with van der Waals surface area (Å²) < 4.78 is 30.4. The molecule has 1 amide bonds. The molecular weight excluding hydrogens is 436 g/mol. The number of aryl methyl sites for hydroxylation is 1. The highest BCUT2D eigenvalue weighted by atomic mass is 32.2. The summed E-state index contributed by atoms with van der Waals surface area (Å²) in [5.74, 6) is 1.25. The molecule has 1 unspecified atom stereocenters. The molecule has 10 heteroatoms. The van der Waals surface area contributed by atoms with Crippen molar-refractivity contribution in [2.24, 2.45) is 5.92 Å². The number of imidazole rings is 1. The van der Waals surface area contributed by atoms with Gasteiger partial charge in [0.25, 0.3) is 0 Å². The number of aromatic nitrogens is 2. The number of rotatable bonds is 7. The van der Waals surface area contributed by atoms with Gasteiger partial charge in [-0.2, -0.15) is 5.26 Å². The van der Waals surface area contributed by atoms with Crippen molar-refractivity contribution in [2.45, 2.75) is 33.7 Å². The van der Waals surface area contributed by atoms with Crippen LogP contribution in [0.25, 0.3) is 11.1 Å². The lowest BCUT2D eigenvalue weighted by Gasteiger charge is -2.11. The van der Waals surface area contributed by atoms with E-state index in [2.05, 4.69) is 24.9 Å². The van der Waals surface area contributed by atoms with E-state index in [1.807, 2.05) is 35.9 Å². The van der Waals surface area contributed by atoms with Crippen LogP contribution in [0.4, 0.5) is 4.79 Å². The maximum absolute atomic E-state index is 11.9. The third-order valence-electron chi connectivity index (χ3n) is 4.48. The summed E-state index contributed by atoms with van der Waals surface area (Å²) in [6.07, 6.45) is 3.26. The van der Waals surface area contributed by atoms with Crippen LogP contribution in [0.3, 0.4) is 0 Å². The van der Waals surface area contributed by atoms with E-state index in [0.29, 0.717) is 29.2 Å². The summed E-state index contributed by atoms with van der Waals surface area (Å²) in [6.45, 7) is 6.62. The van der Waals surface area contributed by atoms with E-state index in [9.17, 15) is 18.8 Å². The lowest BCUT2D eigenvalue weighted by Crippen LogP contribution is -2.28. The fourth-order valence-electron chi connectivity index (χ4n) is 3.15. The van der Waals surface area contributed by atoms with E-state index in [1.54, 1.807) is 17.0 Å². The molecule has 0 aliphatic heterocycles. The van der Waals surface area contributed by atoms with E-state index in [1.165, 1.54) is 11.3 Å². The Balaban J connectivity index is 1.98. The molecule has 2 aromatic heterocycles. The van der Waals surface area contributed by atoms with Gasteiger partial charge >= 0.3 is 6.09 Å². The number of ether oxygens (including phenoxy) is 1. The quantitative estimate of drug-likeness (QED) is 0.537. The topological polar surface area (TPSA) is 120 Å². The van der Waals surface area contributed by atoms with Gasteiger partial charge in [-0.1, -0.05) is 26.0 Å². The maximum atomic E-state index is 11.9. The second-order valence-corrected chi connectivity index (χ2v) is 9.11. The minimum atomic E-state index is -2.78. The molecule has 1 aromatic carbocycles. The summed E-state index contributed by atoms with van der Waals surface area (Å²) in [4.78, 5) is 17.0. The molecule has 0 aliphatic rings. The van der Waals surface area contributed by atoms with Gasteiger partial charge in [0.2, 0.25) is 0 Å². The molecule has 0 saturated carbocycles. The predicted octanol–water partition coefficient (Wildman–Crippen LogP) is 3.92. The van der Waals surface area contributed by atoms with E-state index in [-0.39, 0.29) is 5.06 Å². The van der Waals surface area contributed by atoms with Gasteiger partial charge in [0.1, 0.15) is 5.82 Å². The van der Waals surface area contributed by atoms with Gasteiger partial charge in [-0.05, 0) is 37.0 Å². The van der Waals surface area contributed by atoms with Crippen LogP contribution in [0.5, 0.6) is 5.06 Å². The molecule has 162 valence electrons. The Bertz CT molecular complexity index is 1160. The van der Waals surface area contributed by atoms with Crippen LogP contribution in [-0.4, -0.2) is 24.4 Å². The van der Waals surface area contributed by atoms with Crippen LogP contribution in [-0.2, 0) is 24.2 Å². The van der Waals surface area contributed by atoms with E-state index >= 15 is 0 Å². The number of hydrogen-bond acceptors (Lipinski definition) is 7. The molecule has 8 nitrogen and oxygen atoms in total. The Hall–Kier alpha value is -3.00. The summed E-state index contributed by atoms with van der Waals surface area (Å²) in [5.41, 5.74) is 2.56. The molecule has 3 rings (SSSR count). The summed E-state index contributed by atoms with van der Waals surface area (Å²) >= 11 is -1.52. The van der Waals surface area contributed by atoms with Crippen molar-refractivity contribution >= 4 is 28.7 Å². The minimum Gasteiger partial charge on any atom is -0.755 e. The largest absolute Gasteiger partial charge is 0.755 e. The van der Waals surface area contributed by atoms with Crippen molar-refractivity contribution < 1.29 is 18.3 Å². The first-order valence-corrected chi connectivity index (χ1v) is 11.4. The average molecular weight is 458 g/mol. The van der Waals surface area contributed by atoms with Crippen LogP contribution < -0.4 is 9.46 Å². The molecule has 0 aliphatic carbocycles. The second-order valence-electron chi connectivity index (χ2n) is 7.33. The first-order valence-electron chi connectivity index (χ1n) is 9.48. The van der Waals surface area contributed by atoms with Crippen LogP contribution in [0.2, 0.25) is 0 Å². The number of thiophene rings is 1. The highest BCUT2D eigenvalue weighted by Crippen LogP contribution is 2.41. The average Bonchev–Trinajstić information content (AvgIpc) is 3.26. The van der Waals surface area contributed by atoms with Gasteiger partial charge in [-0.15, -0.1) is 11.3 Å².